The van der Waals surface area contributed by atoms with Gasteiger partial charge in [0.15, 0.2) is 0 Å². The van der Waals surface area contributed by atoms with Gasteiger partial charge in [0.2, 0.25) is 17.7 Å². The molecule has 0 aliphatic heterocycles. The van der Waals surface area contributed by atoms with Crippen LogP contribution in [-0.2, 0) is 23.1 Å². The molecule has 1 atom stereocenters. The number of methoxy groups -OCH3 is 1. The lowest BCUT2D eigenvalue weighted by Crippen LogP contribution is -2.48. The minimum absolute atomic E-state index is 0.00509. The van der Waals surface area contributed by atoms with Gasteiger partial charge in [0.05, 0.1) is 25.4 Å². The van der Waals surface area contributed by atoms with Gasteiger partial charge in [0, 0.05) is 30.9 Å². The van der Waals surface area contributed by atoms with Crippen LogP contribution in [0.3, 0.4) is 0 Å². The van der Waals surface area contributed by atoms with E-state index in [2.05, 4.69) is 15.4 Å². The minimum Gasteiger partial charge on any atom is -0.481 e. The predicted molar refractivity (Wildman–Crippen MR) is 122 cm³/mol. The number of carbonyl (C=O) groups excluding carboxylic acids is 2. The van der Waals surface area contributed by atoms with Crippen molar-refractivity contribution in [1.29, 1.82) is 0 Å². The molecule has 3 rings (SSSR count). The predicted octanol–water partition coefficient (Wildman–Crippen LogP) is 1.85. The topological polar surface area (TPSA) is 115 Å². The van der Waals surface area contributed by atoms with Crippen molar-refractivity contribution in [2.75, 3.05) is 25.5 Å². The Kier molecular flexibility index (Phi) is 7.56. The summed E-state index contributed by atoms with van der Waals surface area (Å²) < 4.78 is 6.78. The van der Waals surface area contributed by atoms with Gasteiger partial charge in [0.1, 0.15) is 5.82 Å². The third-order valence-electron chi connectivity index (χ3n) is 5.15. The van der Waals surface area contributed by atoms with Crippen molar-refractivity contribution in [2.24, 2.45) is 12.8 Å². The Morgan fingerprint density at radius 2 is 1.97 bits per heavy atom. The molecule has 9 nitrogen and oxygen atoms in total. The van der Waals surface area contributed by atoms with Gasteiger partial charge in [-0.3, -0.25) is 19.2 Å². The van der Waals surface area contributed by atoms with Gasteiger partial charge in [-0.1, -0.05) is 37.3 Å². The molecule has 0 saturated carbocycles. The number of anilines is 1. The van der Waals surface area contributed by atoms with Crippen LogP contribution in [-0.4, -0.2) is 57.7 Å². The summed E-state index contributed by atoms with van der Waals surface area (Å²) in [6.45, 7) is 2.39. The van der Waals surface area contributed by atoms with Gasteiger partial charge >= 0.3 is 0 Å². The number of rotatable bonds is 10. The minimum atomic E-state index is -0.575. The van der Waals surface area contributed by atoms with Gasteiger partial charge in [-0.2, -0.15) is 5.10 Å². The number of pyridine rings is 1. The van der Waals surface area contributed by atoms with E-state index in [9.17, 15) is 9.59 Å². The summed E-state index contributed by atoms with van der Waals surface area (Å²) in [7, 11) is 3.30. The molecule has 2 heterocycles. The summed E-state index contributed by atoms with van der Waals surface area (Å²) >= 11 is 0. The molecule has 3 aromatic rings. The largest absolute Gasteiger partial charge is 0.481 e. The molecule has 1 aromatic carbocycles. The van der Waals surface area contributed by atoms with Gasteiger partial charge in [-0.25, -0.2) is 4.98 Å². The van der Waals surface area contributed by atoms with E-state index in [1.165, 1.54) is 0 Å². The van der Waals surface area contributed by atoms with Crippen molar-refractivity contribution in [3.63, 3.8) is 0 Å². The molecular formula is C23H28N6O3. The SMILES string of the molecule is CCN(CC(N)=O)[C@@H](Cc1ccccc1)C(=O)Nc1cc(-c2ccnc(OC)c2)nn1C. The number of benzene rings is 1. The summed E-state index contributed by atoms with van der Waals surface area (Å²) in [5.74, 6) is 0.298. The van der Waals surface area contributed by atoms with Crippen LogP contribution in [0, 0.1) is 0 Å². The van der Waals surface area contributed by atoms with Crippen LogP contribution in [0.5, 0.6) is 5.88 Å². The third-order valence-corrected chi connectivity index (χ3v) is 5.15. The van der Waals surface area contributed by atoms with Gasteiger partial charge in [0.25, 0.3) is 0 Å². The summed E-state index contributed by atoms with van der Waals surface area (Å²) in [5.41, 5.74) is 7.91. The lowest BCUT2D eigenvalue weighted by atomic mass is 10.0. The summed E-state index contributed by atoms with van der Waals surface area (Å²) in [6.07, 6.45) is 2.08. The zero-order valence-corrected chi connectivity index (χ0v) is 18.5. The maximum absolute atomic E-state index is 13.3. The van der Waals surface area contributed by atoms with Gasteiger partial charge in [-0.15, -0.1) is 0 Å². The Labute approximate surface area is 187 Å². The molecule has 2 aromatic heterocycles. The first-order chi connectivity index (χ1) is 15.4. The van der Waals surface area contributed by atoms with E-state index in [-0.39, 0.29) is 12.5 Å². The third kappa shape index (κ3) is 5.70. The van der Waals surface area contributed by atoms with Crippen LogP contribution in [0.15, 0.2) is 54.7 Å². The van der Waals surface area contributed by atoms with Crippen molar-refractivity contribution < 1.29 is 14.3 Å². The highest BCUT2D eigenvalue weighted by atomic mass is 16.5. The van der Waals surface area contributed by atoms with Crippen molar-refractivity contribution in [3.05, 3.63) is 60.3 Å². The highest BCUT2D eigenvalue weighted by Crippen LogP contribution is 2.24. The summed E-state index contributed by atoms with van der Waals surface area (Å²) in [6, 6.07) is 14.5. The number of aryl methyl sites for hydroxylation is 1. The van der Waals surface area contributed by atoms with Crippen molar-refractivity contribution in [1.82, 2.24) is 19.7 Å². The van der Waals surface area contributed by atoms with Gasteiger partial charge < -0.3 is 15.8 Å². The quantitative estimate of drug-likeness (QED) is 0.501. The second kappa shape index (κ2) is 10.5. The van der Waals surface area contributed by atoms with Crippen LogP contribution in [0.4, 0.5) is 5.82 Å². The van der Waals surface area contributed by atoms with Crippen LogP contribution in [0.1, 0.15) is 12.5 Å². The molecule has 0 spiro atoms. The first-order valence-corrected chi connectivity index (χ1v) is 10.3. The van der Waals surface area contributed by atoms with Crippen LogP contribution < -0.4 is 15.8 Å². The smallest absolute Gasteiger partial charge is 0.243 e. The Morgan fingerprint density at radius 3 is 2.62 bits per heavy atom. The van der Waals surface area contributed by atoms with E-state index < -0.39 is 11.9 Å². The Morgan fingerprint density at radius 1 is 1.22 bits per heavy atom. The maximum atomic E-state index is 13.3. The summed E-state index contributed by atoms with van der Waals surface area (Å²) in [4.78, 5) is 30.8. The standard InChI is InChI=1S/C23H28N6O3/c1-4-29(15-20(24)30)19(12-16-8-6-5-7-9-16)23(31)26-21-14-18(27-28(21)2)17-10-11-25-22(13-17)32-3/h5-11,13-14,19H,4,12,15H2,1-3H3,(H2,24,30)(H,26,31)/t19-/m0/s1. The van der Waals surface area contributed by atoms with Crippen molar-refractivity contribution in [2.45, 2.75) is 19.4 Å². The molecule has 32 heavy (non-hydrogen) atoms. The monoisotopic (exact) mass is 436 g/mol. The highest BCUT2D eigenvalue weighted by molar-refractivity contribution is 5.95. The molecule has 0 aliphatic carbocycles. The normalized spacial score (nSPS) is 11.9. The van der Waals surface area contributed by atoms with Crippen LogP contribution in [0.25, 0.3) is 11.3 Å². The van der Waals surface area contributed by atoms with Crippen molar-refractivity contribution >= 4 is 17.6 Å². The number of aromatic nitrogens is 3. The molecule has 0 fully saturated rings. The summed E-state index contributed by atoms with van der Waals surface area (Å²) in [5, 5.41) is 7.46. The molecule has 0 bridgehead atoms. The van der Waals surface area contributed by atoms with E-state index in [4.69, 9.17) is 10.5 Å². The lowest BCUT2D eigenvalue weighted by Gasteiger charge is -2.28. The number of nitrogens with zero attached hydrogens (tertiary/aromatic N) is 4. The molecule has 9 heteroatoms. The van der Waals surface area contributed by atoms with Gasteiger partial charge in [-0.05, 0) is 24.6 Å². The fourth-order valence-corrected chi connectivity index (χ4v) is 3.48. The molecule has 3 N–H and O–H groups in total. The molecule has 0 aliphatic rings. The van der Waals surface area contributed by atoms with E-state index >= 15 is 0 Å². The fourth-order valence-electron chi connectivity index (χ4n) is 3.48. The van der Waals surface area contributed by atoms with Crippen LogP contribution >= 0.6 is 0 Å². The Balaban J connectivity index is 1.85. The van der Waals surface area contributed by atoms with E-state index in [0.717, 1.165) is 11.1 Å². The molecule has 2 amide bonds. The molecule has 0 saturated heterocycles. The number of nitrogens with one attached hydrogen (secondary N) is 1. The number of hydrogen-bond donors (Lipinski definition) is 2. The molecule has 0 unspecified atom stereocenters. The van der Waals surface area contributed by atoms with Crippen molar-refractivity contribution in [3.8, 4) is 17.1 Å². The Bertz CT molecular complexity index is 1070. The van der Waals surface area contributed by atoms with Crippen LogP contribution in [0.2, 0.25) is 0 Å². The molecule has 168 valence electrons. The maximum Gasteiger partial charge on any atom is 0.243 e. The fraction of sp³-hybridized carbons (Fsp3) is 0.304. The second-order valence-corrected chi connectivity index (χ2v) is 7.35. The van der Waals surface area contributed by atoms with E-state index in [1.54, 1.807) is 42.1 Å². The lowest BCUT2D eigenvalue weighted by molar-refractivity contribution is -0.124. The molecule has 0 radical (unpaired) electrons. The second-order valence-electron chi connectivity index (χ2n) is 7.35. The Hall–Kier alpha value is -3.72. The number of amides is 2. The highest BCUT2D eigenvalue weighted by Gasteiger charge is 2.27. The number of carbonyl (C=O) groups is 2. The number of hydrogen-bond acceptors (Lipinski definition) is 6. The first kappa shape index (κ1) is 23.0. The number of primary amides is 1. The zero-order chi connectivity index (χ0) is 23.1. The average molecular weight is 437 g/mol. The number of ether oxygens (including phenoxy) is 1. The van der Waals surface area contributed by atoms with E-state index in [0.29, 0.717) is 30.4 Å². The first-order valence-electron chi connectivity index (χ1n) is 10.3. The zero-order valence-electron chi connectivity index (χ0n) is 18.5. The number of nitrogens with two attached hydrogens (primary N) is 1. The van der Waals surface area contributed by atoms with E-state index in [1.807, 2.05) is 43.3 Å². The average Bonchev–Trinajstić information content (AvgIpc) is 3.16. The molecular weight excluding hydrogens is 408 g/mol. The number of likely N-dealkylation sites (N-methyl/N-ethyl adjacent to an activating group) is 1.